The number of rotatable bonds is 0. The van der Waals surface area contributed by atoms with Gasteiger partial charge in [0.25, 0.3) is 0 Å². The van der Waals surface area contributed by atoms with Crippen LogP contribution in [-0.2, 0) is 0 Å². The first kappa shape index (κ1) is 6.62. The van der Waals surface area contributed by atoms with Gasteiger partial charge in [0.05, 0.1) is 0 Å². The molecule has 10 heavy (non-hydrogen) atoms. The van der Waals surface area contributed by atoms with Crippen LogP contribution < -0.4 is 5.32 Å². The average Bonchev–Trinajstić information content (AvgIpc) is 2.33. The van der Waals surface area contributed by atoms with Crippen molar-refractivity contribution in [3.63, 3.8) is 0 Å². The Bertz CT molecular complexity index is 124. The topological polar surface area (TPSA) is 15.3 Å². The molecule has 2 fully saturated rings. The van der Waals surface area contributed by atoms with Crippen LogP contribution in [0.15, 0.2) is 0 Å². The van der Waals surface area contributed by atoms with Gasteiger partial charge < -0.3 is 10.2 Å². The van der Waals surface area contributed by atoms with E-state index in [2.05, 4.69) is 17.3 Å². The highest BCUT2D eigenvalue weighted by Crippen LogP contribution is 2.25. The second-order valence-electron chi connectivity index (χ2n) is 3.73. The molecule has 0 aromatic heterocycles. The summed E-state index contributed by atoms with van der Waals surface area (Å²) in [6.07, 6.45) is 1.41. The summed E-state index contributed by atoms with van der Waals surface area (Å²) in [4.78, 5) is 2.45. The summed E-state index contributed by atoms with van der Waals surface area (Å²) in [5.41, 5.74) is 0. The predicted octanol–water partition coefficient (Wildman–Crippen LogP) is 0.158. The van der Waals surface area contributed by atoms with Gasteiger partial charge in [-0.05, 0) is 44.9 Å². The molecule has 2 aliphatic heterocycles. The van der Waals surface area contributed by atoms with Crippen molar-refractivity contribution >= 4 is 0 Å². The van der Waals surface area contributed by atoms with E-state index in [0.29, 0.717) is 0 Å². The smallest absolute Gasteiger partial charge is 0.00219 e. The summed E-state index contributed by atoms with van der Waals surface area (Å²) < 4.78 is 0. The maximum Gasteiger partial charge on any atom is 0.00219 e. The highest BCUT2D eigenvalue weighted by molar-refractivity contribution is 4.86. The summed E-state index contributed by atoms with van der Waals surface area (Å²) in [5, 5.41) is 3.46. The molecule has 0 amide bonds. The molecule has 1 N–H and O–H groups in total. The second-order valence-corrected chi connectivity index (χ2v) is 3.73. The number of piperidine rings is 1. The van der Waals surface area contributed by atoms with Crippen LogP contribution in [0.2, 0.25) is 0 Å². The zero-order valence-electron chi connectivity index (χ0n) is 6.64. The van der Waals surface area contributed by atoms with Gasteiger partial charge >= 0.3 is 0 Å². The van der Waals surface area contributed by atoms with Gasteiger partial charge in [-0.2, -0.15) is 0 Å². The maximum absolute atomic E-state index is 3.46. The minimum atomic E-state index is 0.957. The van der Waals surface area contributed by atoms with Gasteiger partial charge in [0, 0.05) is 6.54 Å². The summed E-state index contributed by atoms with van der Waals surface area (Å²) >= 11 is 0. The first-order chi connectivity index (χ1) is 4.86. The Morgan fingerprint density at radius 1 is 1.30 bits per heavy atom. The Morgan fingerprint density at radius 2 is 2.10 bits per heavy atom. The van der Waals surface area contributed by atoms with Crippen LogP contribution in [0.4, 0.5) is 0 Å². The molecule has 0 radical (unpaired) electrons. The highest BCUT2D eigenvalue weighted by atomic mass is 15.1. The quantitative estimate of drug-likeness (QED) is 0.515. The molecule has 2 saturated heterocycles. The van der Waals surface area contributed by atoms with Crippen molar-refractivity contribution in [2.75, 3.05) is 33.2 Å². The third-order valence-corrected chi connectivity index (χ3v) is 2.91. The van der Waals surface area contributed by atoms with Gasteiger partial charge in [-0.25, -0.2) is 0 Å². The van der Waals surface area contributed by atoms with Gasteiger partial charge in [0.1, 0.15) is 0 Å². The molecule has 2 aliphatic rings. The van der Waals surface area contributed by atoms with Crippen molar-refractivity contribution in [1.82, 2.24) is 10.2 Å². The molecule has 0 unspecified atom stereocenters. The minimum absolute atomic E-state index is 0.957. The van der Waals surface area contributed by atoms with E-state index in [0.717, 1.165) is 11.8 Å². The monoisotopic (exact) mass is 140 g/mol. The third kappa shape index (κ3) is 1.06. The van der Waals surface area contributed by atoms with E-state index in [4.69, 9.17) is 0 Å². The van der Waals surface area contributed by atoms with Crippen LogP contribution in [0.25, 0.3) is 0 Å². The molecular weight excluding hydrogens is 124 g/mol. The average molecular weight is 140 g/mol. The van der Waals surface area contributed by atoms with E-state index in [1.807, 2.05) is 0 Å². The summed E-state index contributed by atoms with van der Waals surface area (Å²) in [7, 11) is 2.23. The van der Waals surface area contributed by atoms with Crippen molar-refractivity contribution in [2.45, 2.75) is 6.42 Å². The van der Waals surface area contributed by atoms with Crippen molar-refractivity contribution < 1.29 is 0 Å². The fraction of sp³-hybridized carbons (Fsp3) is 1.00. The number of fused-ring (bicyclic) bond motifs is 1. The van der Waals surface area contributed by atoms with Gasteiger partial charge in [0.15, 0.2) is 0 Å². The number of hydrogen-bond acceptors (Lipinski definition) is 2. The molecule has 0 bridgehead atoms. The fourth-order valence-electron chi connectivity index (χ4n) is 2.22. The lowest BCUT2D eigenvalue weighted by Crippen LogP contribution is -2.37. The van der Waals surface area contributed by atoms with E-state index in [-0.39, 0.29) is 0 Å². The van der Waals surface area contributed by atoms with Gasteiger partial charge in [0.2, 0.25) is 0 Å². The van der Waals surface area contributed by atoms with Crippen LogP contribution in [0, 0.1) is 11.8 Å². The van der Waals surface area contributed by atoms with Crippen LogP contribution >= 0.6 is 0 Å². The summed E-state index contributed by atoms with van der Waals surface area (Å²) in [6.45, 7) is 5.16. The first-order valence-electron chi connectivity index (χ1n) is 4.25. The minimum Gasteiger partial charge on any atom is -0.316 e. The SMILES string of the molecule is CN1CC[C@H]2CNC[C@@H]2C1. The van der Waals surface area contributed by atoms with Gasteiger partial charge in [-0.15, -0.1) is 0 Å². The van der Waals surface area contributed by atoms with E-state index in [1.54, 1.807) is 0 Å². The number of nitrogens with one attached hydrogen (secondary N) is 1. The van der Waals surface area contributed by atoms with Crippen LogP contribution in [0.3, 0.4) is 0 Å². The third-order valence-electron chi connectivity index (χ3n) is 2.91. The molecule has 2 heteroatoms. The number of likely N-dealkylation sites (tertiary alicyclic amines) is 1. The van der Waals surface area contributed by atoms with Crippen LogP contribution in [-0.4, -0.2) is 38.1 Å². The molecule has 0 aliphatic carbocycles. The molecule has 58 valence electrons. The molecule has 2 atom stereocenters. The normalized spacial score (nSPS) is 41.7. The molecule has 2 rings (SSSR count). The van der Waals surface area contributed by atoms with Crippen molar-refractivity contribution in [1.29, 1.82) is 0 Å². The van der Waals surface area contributed by atoms with Crippen molar-refractivity contribution in [3.05, 3.63) is 0 Å². The first-order valence-corrected chi connectivity index (χ1v) is 4.25. The Morgan fingerprint density at radius 3 is 3.00 bits per heavy atom. The second kappa shape index (κ2) is 2.51. The number of nitrogens with zero attached hydrogens (tertiary/aromatic N) is 1. The molecule has 0 aromatic rings. The molecule has 0 aromatic carbocycles. The lowest BCUT2D eigenvalue weighted by Gasteiger charge is -2.31. The molecule has 0 spiro atoms. The summed E-state index contributed by atoms with van der Waals surface area (Å²) in [5.74, 6) is 1.95. The largest absolute Gasteiger partial charge is 0.316 e. The van der Waals surface area contributed by atoms with E-state index < -0.39 is 0 Å². The Hall–Kier alpha value is -0.0800. The van der Waals surface area contributed by atoms with E-state index >= 15 is 0 Å². The molecular formula is C8H16N2. The van der Waals surface area contributed by atoms with Crippen LogP contribution in [0.1, 0.15) is 6.42 Å². The zero-order chi connectivity index (χ0) is 6.97. The van der Waals surface area contributed by atoms with Crippen molar-refractivity contribution in [3.8, 4) is 0 Å². The Balaban J connectivity index is 1.96. The standard InChI is InChI=1S/C8H16N2/c1-10-3-2-7-4-9-5-8(7)6-10/h7-9H,2-6H2,1H3/t7-,8+/m0/s1. The van der Waals surface area contributed by atoms with Gasteiger partial charge in [-0.1, -0.05) is 0 Å². The maximum atomic E-state index is 3.46. The Labute approximate surface area is 62.6 Å². The number of hydrogen-bond donors (Lipinski definition) is 1. The molecule has 0 saturated carbocycles. The van der Waals surface area contributed by atoms with E-state index in [1.165, 1.54) is 32.6 Å². The summed E-state index contributed by atoms with van der Waals surface area (Å²) in [6, 6.07) is 0. The van der Waals surface area contributed by atoms with Crippen molar-refractivity contribution in [2.24, 2.45) is 11.8 Å². The zero-order valence-corrected chi connectivity index (χ0v) is 6.64. The lowest BCUT2D eigenvalue weighted by molar-refractivity contribution is 0.178. The van der Waals surface area contributed by atoms with Crippen LogP contribution in [0.5, 0.6) is 0 Å². The Kier molecular flexibility index (Phi) is 1.66. The highest BCUT2D eigenvalue weighted by Gasteiger charge is 2.30. The molecule has 2 nitrogen and oxygen atoms in total. The van der Waals surface area contributed by atoms with Gasteiger partial charge in [-0.3, -0.25) is 0 Å². The molecule has 2 heterocycles. The predicted molar refractivity (Wildman–Crippen MR) is 42.0 cm³/mol. The fourth-order valence-corrected chi connectivity index (χ4v) is 2.22. The lowest BCUT2D eigenvalue weighted by atomic mass is 9.89. The van der Waals surface area contributed by atoms with E-state index in [9.17, 15) is 0 Å².